The summed E-state index contributed by atoms with van der Waals surface area (Å²) in [6.45, 7) is 2.79. The summed E-state index contributed by atoms with van der Waals surface area (Å²) in [6, 6.07) is 14.1. The zero-order valence-electron chi connectivity index (χ0n) is 23.8. The number of nitrogens with one attached hydrogen (secondary N) is 1. The summed E-state index contributed by atoms with van der Waals surface area (Å²) >= 11 is 3.41. The Bertz CT molecular complexity index is 1890. The third-order valence-corrected chi connectivity index (χ3v) is 7.89. The average molecular weight is 670 g/mol. The zero-order valence-corrected chi connectivity index (χ0v) is 25.4. The van der Waals surface area contributed by atoms with Gasteiger partial charge in [-0.2, -0.15) is 18.3 Å². The van der Waals surface area contributed by atoms with Crippen LogP contribution in [0.25, 0.3) is 22.2 Å². The Balaban J connectivity index is 1.19. The Morgan fingerprint density at radius 3 is 2.41 bits per heavy atom. The molecule has 0 bridgehead atoms. The van der Waals surface area contributed by atoms with E-state index in [9.17, 15) is 22.8 Å². The lowest BCUT2D eigenvalue weighted by Crippen LogP contribution is -2.27. The Kier molecular flexibility index (Phi) is 9.14. The summed E-state index contributed by atoms with van der Waals surface area (Å²) in [5, 5.41) is 8.77. The summed E-state index contributed by atoms with van der Waals surface area (Å²) in [5.41, 5.74) is 0.663. The maximum atomic E-state index is 13.1. The Morgan fingerprint density at radius 2 is 1.73 bits per heavy atom. The summed E-state index contributed by atoms with van der Waals surface area (Å²) in [4.78, 5) is 33.7. The molecule has 0 aliphatic rings. The number of alkyl halides is 3. The van der Waals surface area contributed by atoms with Gasteiger partial charge in [-0.3, -0.25) is 9.59 Å². The lowest BCUT2D eigenvalue weighted by atomic mass is 10.1. The summed E-state index contributed by atoms with van der Waals surface area (Å²) < 4.78 is 47.0. The van der Waals surface area contributed by atoms with Crippen LogP contribution in [-0.4, -0.2) is 37.5 Å². The van der Waals surface area contributed by atoms with Crippen molar-refractivity contribution < 1.29 is 17.9 Å². The molecule has 1 atom stereocenters. The minimum Gasteiger partial charge on any atom is -0.497 e. The SMILES string of the molecule is COc1ccc(Cn2ncc(N[C@@H](C)CCCn3ccc4cc(-c5ncc(C(F)(F)F)cn5)ccc4c3=O)c(Br)c2=O)cc1. The molecule has 228 valence electrons. The second-order valence-corrected chi connectivity index (χ2v) is 11.1. The normalized spacial score (nSPS) is 12.3. The predicted octanol–water partition coefficient (Wildman–Crippen LogP) is 6.13. The number of methoxy groups -OCH3 is 1. The summed E-state index contributed by atoms with van der Waals surface area (Å²) in [5.74, 6) is 0.875. The molecule has 0 radical (unpaired) electrons. The highest BCUT2D eigenvalue weighted by atomic mass is 79.9. The number of ether oxygens (including phenoxy) is 1. The molecule has 0 amide bonds. The van der Waals surface area contributed by atoms with Gasteiger partial charge in [0, 0.05) is 42.1 Å². The van der Waals surface area contributed by atoms with E-state index < -0.39 is 11.7 Å². The number of nitrogens with zero attached hydrogens (tertiary/aromatic N) is 5. The van der Waals surface area contributed by atoms with Gasteiger partial charge in [0.1, 0.15) is 10.2 Å². The molecule has 0 unspecified atom stereocenters. The first-order valence-electron chi connectivity index (χ1n) is 13.7. The van der Waals surface area contributed by atoms with Gasteiger partial charge in [0.25, 0.3) is 11.1 Å². The Hall–Kier alpha value is -4.52. The molecule has 2 aromatic carbocycles. The van der Waals surface area contributed by atoms with Crippen molar-refractivity contribution in [2.45, 2.75) is 45.1 Å². The highest BCUT2D eigenvalue weighted by molar-refractivity contribution is 9.10. The van der Waals surface area contributed by atoms with Crippen molar-refractivity contribution in [3.8, 4) is 17.1 Å². The molecular formula is C31H28BrF3N6O3. The van der Waals surface area contributed by atoms with Crippen LogP contribution in [0.15, 0.2) is 87.4 Å². The number of hydrogen-bond donors (Lipinski definition) is 1. The van der Waals surface area contributed by atoms with Crippen molar-refractivity contribution in [1.29, 1.82) is 0 Å². The fourth-order valence-corrected chi connectivity index (χ4v) is 5.14. The quantitative estimate of drug-likeness (QED) is 0.191. The standard InChI is InChI=1S/C31H28BrF3N6O3/c1-19(39-26-17-38-41(30(43)27(26)32)18-20-5-8-24(44-2)9-6-20)4-3-12-40-13-11-21-14-22(7-10-25(21)29(40)42)28-36-15-23(16-37-28)31(33,34)35/h5-11,13-17,19,39H,3-4,12,18H2,1-2H3/t19-/m0/s1. The number of fused-ring (bicyclic) bond motifs is 1. The molecule has 13 heteroatoms. The number of rotatable bonds is 10. The molecular weight excluding hydrogens is 641 g/mol. The van der Waals surface area contributed by atoms with Crippen LogP contribution < -0.4 is 21.2 Å². The molecule has 3 aromatic heterocycles. The molecule has 0 aliphatic carbocycles. The van der Waals surface area contributed by atoms with Gasteiger partial charge >= 0.3 is 6.18 Å². The molecule has 0 aliphatic heterocycles. The number of anilines is 1. The van der Waals surface area contributed by atoms with Crippen LogP contribution in [0.2, 0.25) is 0 Å². The van der Waals surface area contributed by atoms with Gasteiger partial charge in [0.15, 0.2) is 5.82 Å². The predicted molar refractivity (Wildman–Crippen MR) is 165 cm³/mol. The number of aryl methyl sites for hydroxylation is 1. The number of benzene rings is 2. The Morgan fingerprint density at radius 1 is 1.00 bits per heavy atom. The summed E-state index contributed by atoms with van der Waals surface area (Å²) in [6.07, 6.45) is 1.69. The van der Waals surface area contributed by atoms with Crippen molar-refractivity contribution in [2.75, 3.05) is 12.4 Å². The second kappa shape index (κ2) is 13.0. The van der Waals surface area contributed by atoms with E-state index in [1.165, 1.54) is 4.68 Å². The third-order valence-electron chi connectivity index (χ3n) is 7.13. The molecule has 0 saturated heterocycles. The van der Waals surface area contributed by atoms with Crippen LogP contribution >= 0.6 is 15.9 Å². The number of aromatic nitrogens is 5. The molecule has 1 N–H and O–H groups in total. The first kappa shape index (κ1) is 30.9. The minimum absolute atomic E-state index is 0.00705. The molecule has 0 spiro atoms. The molecule has 9 nitrogen and oxygen atoms in total. The van der Waals surface area contributed by atoms with Crippen LogP contribution in [0.4, 0.5) is 18.9 Å². The van der Waals surface area contributed by atoms with Crippen LogP contribution in [0.5, 0.6) is 5.75 Å². The first-order valence-corrected chi connectivity index (χ1v) is 14.5. The van der Waals surface area contributed by atoms with Gasteiger partial charge in [-0.05, 0) is 77.0 Å². The van der Waals surface area contributed by atoms with Gasteiger partial charge < -0.3 is 14.6 Å². The molecule has 0 saturated carbocycles. The number of pyridine rings is 1. The average Bonchev–Trinajstić information content (AvgIpc) is 3.02. The van der Waals surface area contributed by atoms with E-state index in [1.54, 1.807) is 48.3 Å². The maximum absolute atomic E-state index is 13.1. The maximum Gasteiger partial charge on any atom is 0.419 e. The van der Waals surface area contributed by atoms with Crippen molar-refractivity contribution >= 4 is 32.4 Å². The van der Waals surface area contributed by atoms with Gasteiger partial charge in [-0.15, -0.1) is 0 Å². The zero-order chi connectivity index (χ0) is 31.4. The van der Waals surface area contributed by atoms with E-state index in [0.29, 0.717) is 46.0 Å². The van der Waals surface area contributed by atoms with E-state index in [-0.39, 0.29) is 23.0 Å². The monoisotopic (exact) mass is 668 g/mol. The lowest BCUT2D eigenvalue weighted by molar-refractivity contribution is -0.138. The lowest BCUT2D eigenvalue weighted by Gasteiger charge is -2.17. The number of hydrogen-bond acceptors (Lipinski definition) is 7. The van der Waals surface area contributed by atoms with Crippen LogP contribution in [0.3, 0.4) is 0 Å². The third kappa shape index (κ3) is 6.99. The van der Waals surface area contributed by atoms with Crippen LogP contribution in [-0.2, 0) is 19.3 Å². The van der Waals surface area contributed by atoms with E-state index in [2.05, 4.69) is 36.3 Å². The topological polar surface area (TPSA) is 104 Å². The fraction of sp³-hybridized carbons (Fsp3) is 0.258. The highest BCUT2D eigenvalue weighted by Gasteiger charge is 2.31. The van der Waals surface area contributed by atoms with E-state index in [4.69, 9.17) is 4.74 Å². The van der Waals surface area contributed by atoms with Gasteiger partial charge in [-0.1, -0.05) is 18.2 Å². The van der Waals surface area contributed by atoms with Gasteiger partial charge in [0.2, 0.25) is 0 Å². The van der Waals surface area contributed by atoms with Gasteiger partial charge in [-0.25, -0.2) is 14.6 Å². The number of halogens is 4. The second-order valence-electron chi connectivity index (χ2n) is 10.3. The van der Waals surface area contributed by atoms with Crippen molar-refractivity contribution in [3.63, 3.8) is 0 Å². The Labute approximate surface area is 258 Å². The van der Waals surface area contributed by atoms with E-state index in [0.717, 1.165) is 30.1 Å². The van der Waals surface area contributed by atoms with Crippen molar-refractivity contribution in [2.24, 2.45) is 0 Å². The fourth-order valence-electron chi connectivity index (χ4n) is 4.71. The van der Waals surface area contributed by atoms with E-state index in [1.807, 2.05) is 31.2 Å². The molecule has 5 rings (SSSR count). The van der Waals surface area contributed by atoms with Crippen LogP contribution in [0, 0.1) is 0 Å². The van der Waals surface area contributed by atoms with Crippen LogP contribution in [0.1, 0.15) is 30.9 Å². The largest absolute Gasteiger partial charge is 0.497 e. The molecule has 0 fully saturated rings. The molecule has 44 heavy (non-hydrogen) atoms. The first-order chi connectivity index (χ1) is 21.0. The van der Waals surface area contributed by atoms with Crippen molar-refractivity contribution in [3.05, 3.63) is 110 Å². The highest BCUT2D eigenvalue weighted by Crippen LogP contribution is 2.29. The molecule has 3 heterocycles. The molecule has 5 aromatic rings. The smallest absolute Gasteiger partial charge is 0.419 e. The summed E-state index contributed by atoms with van der Waals surface area (Å²) in [7, 11) is 1.60. The van der Waals surface area contributed by atoms with E-state index >= 15 is 0 Å². The van der Waals surface area contributed by atoms with Gasteiger partial charge in [0.05, 0.1) is 31.1 Å². The minimum atomic E-state index is -4.51. The van der Waals surface area contributed by atoms with Crippen molar-refractivity contribution in [1.82, 2.24) is 24.3 Å².